The summed E-state index contributed by atoms with van der Waals surface area (Å²) in [5.41, 5.74) is 7.99. The monoisotopic (exact) mass is 507 g/mol. The van der Waals surface area contributed by atoms with Crippen molar-refractivity contribution in [1.29, 1.82) is 0 Å². The Bertz CT molecular complexity index is 947. The van der Waals surface area contributed by atoms with Crippen molar-refractivity contribution in [1.82, 2.24) is 9.80 Å². The molecule has 0 radical (unpaired) electrons. The van der Waals surface area contributed by atoms with Crippen molar-refractivity contribution in [3.05, 3.63) is 65.6 Å². The van der Waals surface area contributed by atoms with E-state index in [4.69, 9.17) is 10.2 Å². The fourth-order valence-corrected chi connectivity index (χ4v) is 5.04. The van der Waals surface area contributed by atoms with Gasteiger partial charge in [0.1, 0.15) is 0 Å². The lowest BCUT2D eigenvalue weighted by Gasteiger charge is -2.35. The SMILES string of the molecule is CCCCC/C(=C\c1ccccc1)CN(CC1CCN(C(=O)CCCCCN)CC1)C(=O)c1ccco1. The van der Waals surface area contributed by atoms with Crippen LogP contribution >= 0.6 is 0 Å². The molecule has 202 valence electrons. The molecule has 0 saturated carbocycles. The molecule has 0 atom stereocenters. The molecule has 2 aromatic rings. The second kappa shape index (κ2) is 16.1. The molecule has 2 heterocycles. The van der Waals surface area contributed by atoms with Crippen LogP contribution < -0.4 is 5.73 Å². The van der Waals surface area contributed by atoms with Gasteiger partial charge in [0.25, 0.3) is 5.91 Å². The van der Waals surface area contributed by atoms with E-state index in [0.717, 1.165) is 70.0 Å². The molecule has 0 unspecified atom stereocenters. The van der Waals surface area contributed by atoms with E-state index in [-0.39, 0.29) is 11.8 Å². The van der Waals surface area contributed by atoms with Gasteiger partial charge in [-0.15, -0.1) is 0 Å². The van der Waals surface area contributed by atoms with Gasteiger partial charge in [0.05, 0.1) is 6.26 Å². The predicted octanol–water partition coefficient (Wildman–Crippen LogP) is 6.14. The molecule has 1 fully saturated rings. The van der Waals surface area contributed by atoms with Gasteiger partial charge in [-0.1, -0.05) is 68.2 Å². The normalized spacial score (nSPS) is 14.6. The Morgan fingerprint density at radius 3 is 2.43 bits per heavy atom. The van der Waals surface area contributed by atoms with Crippen LogP contribution in [0.3, 0.4) is 0 Å². The fourth-order valence-electron chi connectivity index (χ4n) is 5.04. The van der Waals surface area contributed by atoms with Gasteiger partial charge in [0, 0.05) is 32.6 Å². The molecule has 1 aliphatic rings. The molecule has 2 N–H and O–H groups in total. The Labute approximate surface area is 222 Å². The number of likely N-dealkylation sites (tertiary alicyclic amines) is 1. The highest BCUT2D eigenvalue weighted by molar-refractivity contribution is 5.91. The van der Waals surface area contributed by atoms with Gasteiger partial charge in [-0.25, -0.2) is 0 Å². The zero-order chi connectivity index (χ0) is 26.3. The molecular weight excluding hydrogens is 462 g/mol. The van der Waals surface area contributed by atoms with Crippen LogP contribution in [0, 0.1) is 5.92 Å². The average molecular weight is 508 g/mol. The van der Waals surface area contributed by atoms with E-state index in [0.29, 0.717) is 37.7 Å². The smallest absolute Gasteiger partial charge is 0.289 e. The Hall–Kier alpha value is -2.86. The lowest BCUT2D eigenvalue weighted by atomic mass is 9.95. The average Bonchev–Trinajstić information content (AvgIpc) is 3.46. The first-order valence-corrected chi connectivity index (χ1v) is 14.2. The highest BCUT2D eigenvalue weighted by atomic mass is 16.3. The number of nitrogens with two attached hydrogens (primary N) is 1. The van der Waals surface area contributed by atoms with E-state index in [1.807, 2.05) is 15.9 Å². The molecule has 1 aromatic carbocycles. The maximum Gasteiger partial charge on any atom is 0.289 e. The van der Waals surface area contributed by atoms with Gasteiger partial charge < -0.3 is 20.0 Å². The lowest BCUT2D eigenvalue weighted by Crippen LogP contribution is -2.43. The summed E-state index contributed by atoms with van der Waals surface area (Å²) in [6.45, 7) is 5.72. The third-order valence-electron chi connectivity index (χ3n) is 7.23. The Kier molecular flexibility index (Phi) is 12.5. The Morgan fingerprint density at radius 2 is 1.76 bits per heavy atom. The van der Waals surface area contributed by atoms with Crippen LogP contribution in [0.25, 0.3) is 6.08 Å². The zero-order valence-corrected chi connectivity index (χ0v) is 22.6. The number of benzene rings is 1. The van der Waals surface area contributed by atoms with Crippen molar-refractivity contribution in [2.24, 2.45) is 11.7 Å². The van der Waals surface area contributed by atoms with Crippen molar-refractivity contribution in [3.8, 4) is 0 Å². The van der Waals surface area contributed by atoms with Gasteiger partial charge in [-0.2, -0.15) is 0 Å². The van der Waals surface area contributed by atoms with Crippen LogP contribution in [0.4, 0.5) is 0 Å². The summed E-state index contributed by atoms with van der Waals surface area (Å²) in [5.74, 6) is 0.951. The Morgan fingerprint density at radius 1 is 1.00 bits per heavy atom. The van der Waals surface area contributed by atoms with E-state index in [1.54, 1.807) is 18.4 Å². The largest absolute Gasteiger partial charge is 0.459 e. The third kappa shape index (κ3) is 9.84. The molecule has 37 heavy (non-hydrogen) atoms. The topological polar surface area (TPSA) is 79.8 Å². The number of piperidine rings is 1. The highest BCUT2D eigenvalue weighted by Crippen LogP contribution is 2.23. The van der Waals surface area contributed by atoms with Crippen LogP contribution in [-0.2, 0) is 4.79 Å². The summed E-state index contributed by atoms with van der Waals surface area (Å²) in [7, 11) is 0. The van der Waals surface area contributed by atoms with Gasteiger partial charge in [0.2, 0.25) is 5.91 Å². The molecule has 0 spiro atoms. The van der Waals surface area contributed by atoms with Gasteiger partial charge in [-0.05, 0) is 68.7 Å². The predicted molar refractivity (Wildman–Crippen MR) is 150 cm³/mol. The van der Waals surface area contributed by atoms with E-state index < -0.39 is 0 Å². The number of rotatable bonds is 15. The quantitative estimate of drug-likeness (QED) is 0.294. The van der Waals surface area contributed by atoms with E-state index >= 15 is 0 Å². The second-order valence-corrected chi connectivity index (χ2v) is 10.3. The zero-order valence-electron chi connectivity index (χ0n) is 22.6. The minimum absolute atomic E-state index is 0.0575. The van der Waals surface area contributed by atoms with Gasteiger partial charge >= 0.3 is 0 Å². The van der Waals surface area contributed by atoms with Crippen molar-refractivity contribution in [3.63, 3.8) is 0 Å². The lowest BCUT2D eigenvalue weighted by molar-refractivity contribution is -0.132. The summed E-state index contributed by atoms with van der Waals surface area (Å²) in [4.78, 5) is 30.1. The summed E-state index contributed by atoms with van der Waals surface area (Å²) >= 11 is 0. The molecule has 6 nitrogen and oxygen atoms in total. The number of unbranched alkanes of at least 4 members (excludes halogenated alkanes) is 4. The summed E-state index contributed by atoms with van der Waals surface area (Å²) < 4.78 is 5.50. The number of hydrogen-bond donors (Lipinski definition) is 1. The number of carbonyl (C=O) groups is 2. The first-order valence-electron chi connectivity index (χ1n) is 14.2. The van der Waals surface area contributed by atoms with Crippen molar-refractivity contribution < 1.29 is 14.0 Å². The molecule has 2 amide bonds. The number of nitrogens with zero attached hydrogens (tertiary/aromatic N) is 2. The van der Waals surface area contributed by atoms with Gasteiger partial charge in [0.15, 0.2) is 5.76 Å². The molecule has 0 bridgehead atoms. The molecule has 1 aromatic heterocycles. The number of amides is 2. The van der Waals surface area contributed by atoms with E-state index in [2.05, 4.69) is 37.3 Å². The maximum absolute atomic E-state index is 13.5. The van der Waals surface area contributed by atoms with Crippen LogP contribution in [0.1, 0.15) is 87.3 Å². The standard InChI is InChI=1S/C31H45N3O3/c1-2-3-6-14-28(23-26-12-7-4-8-13-26)25-34(31(36)29-15-11-22-37-29)24-27-17-20-33(21-18-27)30(35)16-9-5-10-19-32/h4,7-8,11-13,15,22-23,27H,2-3,5-6,9-10,14,16-21,24-25,32H2,1H3/b28-23+. The third-order valence-corrected chi connectivity index (χ3v) is 7.23. The molecule has 1 saturated heterocycles. The van der Waals surface area contributed by atoms with E-state index in [9.17, 15) is 9.59 Å². The minimum Gasteiger partial charge on any atom is -0.459 e. The van der Waals surface area contributed by atoms with Crippen molar-refractivity contribution in [2.45, 2.75) is 71.1 Å². The fraction of sp³-hybridized carbons (Fsp3) is 0.548. The highest BCUT2D eigenvalue weighted by Gasteiger charge is 2.27. The van der Waals surface area contributed by atoms with Crippen LogP contribution in [0.5, 0.6) is 0 Å². The van der Waals surface area contributed by atoms with Crippen LogP contribution in [-0.4, -0.2) is 54.3 Å². The maximum atomic E-state index is 13.5. The molecule has 6 heteroatoms. The minimum atomic E-state index is -0.0575. The number of hydrogen-bond acceptors (Lipinski definition) is 4. The van der Waals surface area contributed by atoms with Crippen molar-refractivity contribution in [2.75, 3.05) is 32.7 Å². The van der Waals surface area contributed by atoms with Crippen molar-refractivity contribution >= 4 is 17.9 Å². The van der Waals surface area contributed by atoms with Crippen LogP contribution in [0.2, 0.25) is 0 Å². The van der Waals surface area contributed by atoms with Gasteiger partial charge in [-0.3, -0.25) is 9.59 Å². The molecule has 0 aliphatic carbocycles. The van der Waals surface area contributed by atoms with Crippen LogP contribution in [0.15, 0.2) is 58.7 Å². The Balaban J connectivity index is 1.65. The second-order valence-electron chi connectivity index (χ2n) is 10.3. The molecule has 1 aliphatic heterocycles. The summed E-state index contributed by atoms with van der Waals surface area (Å²) in [6, 6.07) is 13.9. The molecular formula is C31H45N3O3. The first-order chi connectivity index (χ1) is 18.1. The summed E-state index contributed by atoms with van der Waals surface area (Å²) in [5, 5.41) is 0. The van der Waals surface area contributed by atoms with E-state index in [1.165, 1.54) is 12.0 Å². The molecule has 3 rings (SSSR count). The number of furan rings is 1. The first kappa shape index (κ1) is 28.7. The summed E-state index contributed by atoms with van der Waals surface area (Å²) in [6.07, 6.45) is 13.6. The number of carbonyl (C=O) groups excluding carboxylic acids is 2.